The van der Waals surface area contributed by atoms with Gasteiger partial charge < -0.3 is 10.4 Å². The predicted molar refractivity (Wildman–Crippen MR) is 116 cm³/mol. The van der Waals surface area contributed by atoms with E-state index >= 15 is 0 Å². The van der Waals surface area contributed by atoms with E-state index in [0.717, 1.165) is 24.2 Å². The standard InChI is InChI=1S/C24H26N2OS/c1-18-4-9-22(25-15-18)23(14-21-11-13-28-17-21)26-16-20-7-5-19(6-8-20)10-12-24(2,3)27/h4-9,11,13,15,17,23,26-27H,14,16H2,1-3H3/t23-/m0/s1. The lowest BCUT2D eigenvalue weighted by atomic mass is 10.0. The SMILES string of the molecule is Cc1ccc([C@H](Cc2ccsc2)NCc2ccc(C#CC(C)(C)O)cc2)nc1. The Hall–Kier alpha value is -2.45. The Morgan fingerprint density at radius 2 is 1.89 bits per heavy atom. The third kappa shape index (κ3) is 6.31. The Bertz CT molecular complexity index is 928. The highest BCUT2D eigenvalue weighted by Gasteiger charge is 2.14. The molecule has 28 heavy (non-hydrogen) atoms. The first kappa shape index (κ1) is 20.3. The maximum atomic E-state index is 9.72. The van der Waals surface area contributed by atoms with Gasteiger partial charge in [-0.3, -0.25) is 4.98 Å². The topological polar surface area (TPSA) is 45.1 Å². The summed E-state index contributed by atoms with van der Waals surface area (Å²) in [5.74, 6) is 5.85. The first-order chi connectivity index (χ1) is 13.4. The lowest BCUT2D eigenvalue weighted by molar-refractivity contribution is 0.143. The van der Waals surface area contributed by atoms with Crippen LogP contribution in [0.25, 0.3) is 0 Å². The van der Waals surface area contributed by atoms with Gasteiger partial charge in [0.05, 0.1) is 11.7 Å². The van der Waals surface area contributed by atoms with Crippen molar-refractivity contribution in [1.29, 1.82) is 0 Å². The summed E-state index contributed by atoms with van der Waals surface area (Å²) in [6.45, 7) is 6.18. The number of aliphatic hydroxyl groups is 1. The molecule has 2 aromatic heterocycles. The molecule has 3 aromatic rings. The smallest absolute Gasteiger partial charge is 0.120 e. The Kier molecular flexibility index (Phi) is 6.64. The van der Waals surface area contributed by atoms with Gasteiger partial charge in [-0.25, -0.2) is 0 Å². The van der Waals surface area contributed by atoms with Gasteiger partial charge in [0.2, 0.25) is 0 Å². The van der Waals surface area contributed by atoms with Gasteiger partial charge in [-0.1, -0.05) is 30.0 Å². The molecule has 144 valence electrons. The third-order valence-electron chi connectivity index (χ3n) is 4.33. The van der Waals surface area contributed by atoms with Crippen LogP contribution in [0.15, 0.2) is 59.4 Å². The summed E-state index contributed by atoms with van der Waals surface area (Å²) in [5, 5.41) is 17.7. The molecule has 0 unspecified atom stereocenters. The highest BCUT2D eigenvalue weighted by Crippen LogP contribution is 2.19. The van der Waals surface area contributed by atoms with Crippen molar-refractivity contribution in [3.05, 3.63) is 87.4 Å². The highest BCUT2D eigenvalue weighted by molar-refractivity contribution is 7.07. The number of nitrogens with one attached hydrogen (secondary N) is 1. The molecule has 2 heterocycles. The molecule has 0 spiro atoms. The van der Waals surface area contributed by atoms with Gasteiger partial charge in [0.25, 0.3) is 0 Å². The first-order valence-electron chi connectivity index (χ1n) is 9.40. The van der Waals surface area contributed by atoms with E-state index in [1.807, 2.05) is 18.3 Å². The Morgan fingerprint density at radius 1 is 1.11 bits per heavy atom. The van der Waals surface area contributed by atoms with Gasteiger partial charge in [0.15, 0.2) is 0 Å². The summed E-state index contributed by atoms with van der Waals surface area (Å²) in [6, 6.07) is 14.7. The van der Waals surface area contributed by atoms with Crippen LogP contribution in [0.5, 0.6) is 0 Å². The number of aryl methyl sites for hydroxylation is 1. The molecule has 0 aliphatic heterocycles. The van der Waals surface area contributed by atoms with E-state index in [4.69, 9.17) is 0 Å². The van der Waals surface area contributed by atoms with E-state index in [1.54, 1.807) is 25.2 Å². The number of pyridine rings is 1. The zero-order valence-electron chi connectivity index (χ0n) is 16.6. The minimum atomic E-state index is -0.976. The predicted octanol–water partition coefficient (Wildman–Crippen LogP) is 4.65. The minimum Gasteiger partial charge on any atom is -0.378 e. The number of aromatic nitrogens is 1. The van der Waals surface area contributed by atoms with Gasteiger partial charge >= 0.3 is 0 Å². The molecule has 1 atom stereocenters. The molecule has 0 saturated heterocycles. The molecular formula is C24H26N2OS. The second kappa shape index (κ2) is 9.16. The van der Waals surface area contributed by atoms with E-state index in [2.05, 4.69) is 70.2 Å². The van der Waals surface area contributed by atoms with Crippen molar-refractivity contribution in [3.8, 4) is 11.8 Å². The van der Waals surface area contributed by atoms with Crippen molar-refractivity contribution in [2.75, 3.05) is 0 Å². The van der Waals surface area contributed by atoms with E-state index in [9.17, 15) is 5.11 Å². The van der Waals surface area contributed by atoms with E-state index < -0.39 is 5.60 Å². The lowest BCUT2D eigenvalue weighted by Crippen LogP contribution is -2.23. The number of nitrogens with zero attached hydrogens (tertiary/aromatic N) is 1. The normalized spacial score (nSPS) is 12.3. The van der Waals surface area contributed by atoms with Crippen LogP contribution in [0, 0.1) is 18.8 Å². The monoisotopic (exact) mass is 390 g/mol. The molecule has 2 N–H and O–H groups in total. The van der Waals surface area contributed by atoms with Gasteiger partial charge in [-0.05, 0) is 78.9 Å². The molecule has 0 radical (unpaired) electrons. The molecule has 3 rings (SSSR count). The maximum Gasteiger partial charge on any atom is 0.120 e. The van der Waals surface area contributed by atoms with Crippen LogP contribution < -0.4 is 5.32 Å². The molecule has 4 heteroatoms. The fourth-order valence-corrected chi connectivity index (χ4v) is 3.46. The van der Waals surface area contributed by atoms with Crippen LogP contribution >= 0.6 is 11.3 Å². The minimum absolute atomic E-state index is 0.157. The van der Waals surface area contributed by atoms with E-state index in [-0.39, 0.29) is 6.04 Å². The summed E-state index contributed by atoms with van der Waals surface area (Å²) < 4.78 is 0. The Morgan fingerprint density at radius 3 is 2.50 bits per heavy atom. The second-order valence-electron chi connectivity index (χ2n) is 7.54. The van der Waals surface area contributed by atoms with Crippen molar-refractivity contribution < 1.29 is 5.11 Å². The van der Waals surface area contributed by atoms with Gasteiger partial charge in [0.1, 0.15) is 5.60 Å². The largest absolute Gasteiger partial charge is 0.378 e. The lowest BCUT2D eigenvalue weighted by Gasteiger charge is -2.18. The summed E-state index contributed by atoms with van der Waals surface area (Å²) in [7, 11) is 0. The summed E-state index contributed by atoms with van der Waals surface area (Å²) in [6.07, 6.45) is 2.84. The molecule has 1 aromatic carbocycles. The molecule has 0 amide bonds. The fourth-order valence-electron chi connectivity index (χ4n) is 2.78. The maximum absolute atomic E-state index is 9.72. The van der Waals surface area contributed by atoms with E-state index in [1.165, 1.54) is 16.7 Å². The van der Waals surface area contributed by atoms with Crippen LogP contribution in [0.1, 0.15) is 47.8 Å². The zero-order chi connectivity index (χ0) is 20.0. The molecule has 0 fully saturated rings. The molecule has 0 bridgehead atoms. The molecule has 0 aliphatic rings. The van der Waals surface area contributed by atoms with Gasteiger partial charge in [0, 0.05) is 18.3 Å². The van der Waals surface area contributed by atoms with Crippen molar-refractivity contribution in [2.45, 2.75) is 45.4 Å². The fraction of sp³-hybridized carbons (Fsp3) is 0.292. The summed E-state index contributed by atoms with van der Waals surface area (Å²) in [5.41, 5.74) is 4.67. The number of benzene rings is 1. The highest BCUT2D eigenvalue weighted by atomic mass is 32.1. The average Bonchev–Trinajstić information content (AvgIpc) is 3.18. The average molecular weight is 391 g/mol. The van der Waals surface area contributed by atoms with Crippen molar-refractivity contribution in [2.24, 2.45) is 0 Å². The second-order valence-corrected chi connectivity index (χ2v) is 8.32. The molecular weight excluding hydrogens is 364 g/mol. The van der Waals surface area contributed by atoms with Gasteiger partial charge in [-0.2, -0.15) is 11.3 Å². The molecule has 0 saturated carbocycles. The Labute approximate surface area is 171 Å². The number of hydrogen-bond donors (Lipinski definition) is 2. The summed E-state index contributed by atoms with van der Waals surface area (Å²) in [4.78, 5) is 4.63. The van der Waals surface area contributed by atoms with Crippen molar-refractivity contribution >= 4 is 11.3 Å². The third-order valence-corrected chi connectivity index (χ3v) is 5.06. The quantitative estimate of drug-likeness (QED) is 0.602. The first-order valence-corrected chi connectivity index (χ1v) is 10.3. The Balaban J connectivity index is 1.69. The van der Waals surface area contributed by atoms with Crippen LogP contribution in [0.3, 0.4) is 0 Å². The molecule has 3 nitrogen and oxygen atoms in total. The number of hydrogen-bond acceptors (Lipinski definition) is 4. The van der Waals surface area contributed by atoms with Crippen LogP contribution in [0.4, 0.5) is 0 Å². The molecule has 0 aliphatic carbocycles. The van der Waals surface area contributed by atoms with E-state index in [0.29, 0.717) is 0 Å². The summed E-state index contributed by atoms with van der Waals surface area (Å²) >= 11 is 1.72. The van der Waals surface area contributed by atoms with Gasteiger partial charge in [-0.15, -0.1) is 0 Å². The van der Waals surface area contributed by atoms with Crippen LogP contribution in [-0.4, -0.2) is 15.7 Å². The van der Waals surface area contributed by atoms with Crippen molar-refractivity contribution in [3.63, 3.8) is 0 Å². The van der Waals surface area contributed by atoms with Crippen LogP contribution in [0.2, 0.25) is 0 Å². The van der Waals surface area contributed by atoms with Crippen molar-refractivity contribution in [1.82, 2.24) is 10.3 Å². The number of thiophene rings is 1. The van der Waals surface area contributed by atoms with Crippen LogP contribution in [-0.2, 0) is 13.0 Å². The number of rotatable bonds is 6. The zero-order valence-corrected chi connectivity index (χ0v) is 17.4.